The molecule has 1 aliphatic heterocycles. The van der Waals surface area contributed by atoms with Crippen LogP contribution in [-0.2, 0) is 11.8 Å². The van der Waals surface area contributed by atoms with Crippen LogP contribution in [0.3, 0.4) is 0 Å². The Morgan fingerprint density at radius 3 is 2.48 bits per heavy atom. The van der Waals surface area contributed by atoms with Gasteiger partial charge in [-0.05, 0) is 69.8 Å². The Labute approximate surface area is 171 Å². The van der Waals surface area contributed by atoms with Gasteiger partial charge in [0.25, 0.3) is 0 Å². The van der Waals surface area contributed by atoms with Crippen LogP contribution in [0.2, 0.25) is 0 Å². The number of anilines is 1. The highest BCUT2D eigenvalue weighted by atomic mass is 16.1. The van der Waals surface area contributed by atoms with Gasteiger partial charge in [0.05, 0.1) is 6.20 Å². The van der Waals surface area contributed by atoms with E-state index in [0.29, 0.717) is 5.82 Å². The maximum atomic E-state index is 12.8. The number of hydrogen-bond acceptors (Lipinski definition) is 4. The van der Waals surface area contributed by atoms with Gasteiger partial charge in [0.15, 0.2) is 0 Å². The number of pyridine rings is 1. The fourth-order valence-electron chi connectivity index (χ4n) is 4.00. The van der Waals surface area contributed by atoms with E-state index in [1.54, 1.807) is 4.68 Å². The van der Waals surface area contributed by atoms with Crippen molar-refractivity contribution >= 4 is 22.5 Å². The van der Waals surface area contributed by atoms with E-state index in [9.17, 15) is 4.79 Å². The van der Waals surface area contributed by atoms with E-state index in [2.05, 4.69) is 59.3 Å². The Morgan fingerprint density at radius 1 is 1.07 bits per heavy atom. The molecule has 0 radical (unpaired) electrons. The normalized spacial score (nSPS) is 16.3. The summed E-state index contributed by atoms with van der Waals surface area (Å²) in [6, 6.07) is 8.20. The van der Waals surface area contributed by atoms with Crippen molar-refractivity contribution in [2.45, 2.75) is 39.2 Å². The molecule has 1 amide bonds. The minimum absolute atomic E-state index is 0.0489. The van der Waals surface area contributed by atoms with E-state index in [-0.39, 0.29) is 17.4 Å². The van der Waals surface area contributed by atoms with Gasteiger partial charge < -0.3 is 5.32 Å². The third-order valence-electron chi connectivity index (χ3n) is 5.83. The third kappa shape index (κ3) is 4.32. The Hall–Kier alpha value is -2.73. The Balaban J connectivity index is 1.47. The van der Waals surface area contributed by atoms with Gasteiger partial charge in [0, 0.05) is 41.8 Å². The number of benzene rings is 1. The van der Waals surface area contributed by atoms with Crippen LogP contribution in [0.1, 0.15) is 33.6 Å². The molecule has 6 nitrogen and oxygen atoms in total. The molecule has 0 spiro atoms. The van der Waals surface area contributed by atoms with Gasteiger partial charge in [-0.2, -0.15) is 5.10 Å². The highest BCUT2D eigenvalue weighted by Crippen LogP contribution is 2.27. The van der Waals surface area contributed by atoms with Gasteiger partial charge in [0.2, 0.25) is 5.91 Å². The highest BCUT2D eigenvalue weighted by molar-refractivity contribution is 5.95. The van der Waals surface area contributed by atoms with Crippen molar-refractivity contribution in [3.63, 3.8) is 0 Å². The molecule has 0 saturated carbocycles. The zero-order valence-corrected chi connectivity index (χ0v) is 17.6. The van der Waals surface area contributed by atoms with Crippen molar-refractivity contribution in [2.24, 2.45) is 13.0 Å². The van der Waals surface area contributed by atoms with Crippen molar-refractivity contribution in [1.82, 2.24) is 19.7 Å². The second-order valence-electron chi connectivity index (χ2n) is 8.96. The quantitative estimate of drug-likeness (QED) is 0.731. The largest absolute Gasteiger partial charge is 0.310 e. The van der Waals surface area contributed by atoms with Gasteiger partial charge >= 0.3 is 0 Å². The van der Waals surface area contributed by atoms with Gasteiger partial charge in [0.1, 0.15) is 5.82 Å². The summed E-state index contributed by atoms with van der Waals surface area (Å²) in [6.45, 7) is 8.60. The second kappa shape index (κ2) is 7.59. The van der Waals surface area contributed by atoms with Gasteiger partial charge in [-0.3, -0.25) is 14.4 Å². The number of aromatic nitrogens is 3. The van der Waals surface area contributed by atoms with Crippen LogP contribution in [0.25, 0.3) is 21.9 Å². The Morgan fingerprint density at radius 2 is 1.83 bits per heavy atom. The molecule has 0 bridgehead atoms. The first kappa shape index (κ1) is 19.6. The number of likely N-dealkylation sites (tertiary alicyclic amines) is 1. The van der Waals surface area contributed by atoms with Crippen LogP contribution < -0.4 is 5.32 Å². The van der Waals surface area contributed by atoms with E-state index in [1.165, 1.54) is 0 Å². The lowest BCUT2D eigenvalue weighted by Gasteiger charge is -2.40. The fourth-order valence-corrected chi connectivity index (χ4v) is 4.00. The lowest BCUT2D eigenvalue weighted by atomic mass is 9.92. The molecular formula is C23H29N5O. The maximum absolute atomic E-state index is 12.8. The average molecular weight is 392 g/mol. The summed E-state index contributed by atoms with van der Waals surface area (Å²) >= 11 is 0. The van der Waals surface area contributed by atoms with E-state index < -0.39 is 0 Å². The molecule has 1 N–H and O–H groups in total. The summed E-state index contributed by atoms with van der Waals surface area (Å²) in [6.07, 6.45) is 7.45. The molecular weight excluding hydrogens is 362 g/mol. The predicted molar refractivity (Wildman–Crippen MR) is 117 cm³/mol. The van der Waals surface area contributed by atoms with Gasteiger partial charge in [-0.1, -0.05) is 12.1 Å². The second-order valence-corrected chi connectivity index (χ2v) is 8.96. The molecule has 1 saturated heterocycles. The van der Waals surface area contributed by atoms with Crippen molar-refractivity contribution < 1.29 is 4.79 Å². The molecule has 6 heteroatoms. The molecule has 152 valence electrons. The molecule has 4 rings (SSSR count). The number of aryl methyl sites for hydroxylation is 1. The predicted octanol–water partition coefficient (Wildman–Crippen LogP) is 4.08. The zero-order chi connectivity index (χ0) is 20.6. The molecule has 3 aromatic rings. The summed E-state index contributed by atoms with van der Waals surface area (Å²) in [7, 11) is 1.91. The van der Waals surface area contributed by atoms with E-state index in [4.69, 9.17) is 0 Å². The summed E-state index contributed by atoms with van der Waals surface area (Å²) < 4.78 is 1.79. The Kier molecular flexibility index (Phi) is 5.13. The monoisotopic (exact) mass is 391 g/mol. The lowest BCUT2D eigenvalue weighted by Crippen LogP contribution is -2.47. The zero-order valence-electron chi connectivity index (χ0n) is 17.6. The van der Waals surface area contributed by atoms with Crippen molar-refractivity contribution in [2.75, 3.05) is 18.4 Å². The number of piperidine rings is 1. The number of hydrogen-bond donors (Lipinski definition) is 1. The summed E-state index contributed by atoms with van der Waals surface area (Å²) in [5.41, 5.74) is 2.33. The number of carbonyl (C=O) groups is 1. The van der Waals surface area contributed by atoms with Crippen LogP contribution >= 0.6 is 0 Å². The van der Waals surface area contributed by atoms with E-state index in [0.717, 1.165) is 47.8 Å². The van der Waals surface area contributed by atoms with Gasteiger partial charge in [-0.25, -0.2) is 4.98 Å². The number of nitrogens with one attached hydrogen (secondary N) is 1. The Bertz CT molecular complexity index is 1030. The molecule has 1 aromatic carbocycles. The molecule has 3 heterocycles. The van der Waals surface area contributed by atoms with Crippen molar-refractivity contribution in [1.29, 1.82) is 0 Å². The van der Waals surface area contributed by atoms with Crippen LogP contribution in [-0.4, -0.2) is 44.2 Å². The van der Waals surface area contributed by atoms with Crippen molar-refractivity contribution in [3.05, 3.63) is 42.9 Å². The standard InChI is InChI=1S/C23H29N5O/c1-23(2,3)28-9-7-16(8-10-28)22(29)26-21-12-19-11-17(5-6-18(19)13-24-21)20-14-25-27(4)15-20/h5-6,11-16H,7-10H2,1-4H3,(H,24,26,29). The third-order valence-corrected chi connectivity index (χ3v) is 5.83. The van der Waals surface area contributed by atoms with Crippen LogP contribution in [0.5, 0.6) is 0 Å². The topological polar surface area (TPSA) is 63.1 Å². The molecule has 29 heavy (non-hydrogen) atoms. The van der Waals surface area contributed by atoms with Crippen molar-refractivity contribution in [3.8, 4) is 11.1 Å². The number of amides is 1. The number of nitrogens with zero attached hydrogens (tertiary/aromatic N) is 4. The summed E-state index contributed by atoms with van der Waals surface area (Å²) in [4.78, 5) is 19.7. The average Bonchev–Trinajstić information content (AvgIpc) is 3.13. The van der Waals surface area contributed by atoms with E-state index in [1.807, 2.05) is 31.7 Å². The number of rotatable bonds is 3. The molecule has 0 unspecified atom stereocenters. The molecule has 2 aromatic heterocycles. The molecule has 0 aliphatic carbocycles. The summed E-state index contributed by atoms with van der Waals surface area (Å²) in [5, 5.41) is 9.39. The van der Waals surface area contributed by atoms with Crippen LogP contribution in [0, 0.1) is 5.92 Å². The van der Waals surface area contributed by atoms with Crippen LogP contribution in [0.4, 0.5) is 5.82 Å². The number of fused-ring (bicyclic) bond motifs is 1. The highest BCUT2D eigenvalue weighted by Gasteiger charge is 2.30. The first-order valence-corrected chi connectivity index (χ1v) is 10.2. The summed E-state index contributed by atoms with van der Waals surface area (Å²) in [5.74, 6) is 0.741. The molecule has 0 atom stereocenters. The smallest absolute Gasteiger partial charge is 0.228 e. The van der Waals surface area contributed by atoms with Gasteiger partial charge in [-0.15, -0.1) is 0 Å². The maximum Gasteiger partial charge on any atom is 0.228 e. The first-order chi connectivity index (χ1) is 13.8. The van der Waals surface area contributed by atoms with Crippen LogP contribution in [0.15, 0.2) is 42.9 Å². The SMILES string of the molecule is Cn1cc(-c2ccc3cnc(NC(=O)C4CCN(C(C)(C)C)CC4)cc3c2)cn1. The minimum atomic E-state index is 0.0489. The lowest BCUT2D eigenvalue weighted by molar-refractivity contribution is -0.121. The molecule has 1 aliphatic rings. The van der Waals surface area contributed by atoms with E-state index >= 15 is 0 Å². The number of carbonyl (C=O) groups excluding carboxylic acids is 1. The fraction of sp³-hybridized carbons (Fsp3) is 0.435. The first-order valence-electron chi connectivity index (χ1n) is 10.2. The minimum Gasteiger partial charge on any atom is -0.310 e. The molecule has 1 fully saturated rings.